The summed E-state index contributed by atoms with van der Waals surface area (Å²) in [6.07, 6.45) is 1.55. The number of hydrogen-bond acceptors (Lipinski definition) is 11. The Morgan fingerprint density at radius 3 is 2.25 bits per heavy atom. The zero-order valence-corrected chi connectivity index (χ0v) is 27.1. The van der Waals surface area contributed by atoms with E-state index in [1.807, 2.05) is 20.8 Å². The van der Waals surface area contributed by atoms with Crippen LogP contribution in [0.25, 0.3) is 0 Å². The van der Waals surface area contributed by atoms with Crippen molar-refractivity contribution in [1.82, 2.24) is 19.6 Å². The Hall–Kier alpha value is -3.13. The molecule has 2 atom stereocenters. The van der Waals surface area contributed by atoms with Gasteiger partial charge in [0, 0.05) is 32.7 Å². The van der Waals surface area contributed by atoms with Crippen molar-refractivity contribution in [2.45, 2.75) is 84.5 Å². The number of amidine groups is 1. The number of piperidine rings is 1. The number of ether oxygens (including phenoxy) is 4. The van der Waals surface area contributed by atoms with E-state index in [9.17, 15) is 19.2 Å². The predicted molar refractivity (Wildman–Crippen MR) is 162 cm³/mol. The normalized spacial score (nSPS) is 22.8. The lowest BCUT2D eigenvalue weighted by Crippen LogP contribution is -2.60. The van der Waals surface area contributed by atoms with Gasteiger partial charge in [-0.1, -0.05) is 0 Å². The molecule has 14 heteroatoms. The van der Waals surface area contributed by atoms with Crippen LogP contribution in [0.5, 0.6) is 0 Å². The van der Waals surface area contributed by atoms with E-state index in [1.54, 1.807) is 18.7 Å². The van der Waals surface area contributed by atoms with Crippen molar-refractivity contribution in [2.75, 3.05) is 72.1 Å². The molecule has 2 amide bonds. The molecule has 3 N–H and O–H groups in total. The van der Waals surface area contributed by atoms with Crippen LogP contribution < -0.4 is 5.73 Å². The third-order valence-electron chi connectivity index (χ3n) is 8.33. The highest BCUT2D eigenvalue weighted by molar-refractivity contribution is 5.87. The first-order chi connectivity index (χ1) is 20.8. The smallest absolute Gasteiger partial charge is 0.411 e. The fourth-order valence-corrected chi connectivity index (χ4v) is 6.02. The molecule has 0 aromatic heterocycles. The Labute approximate surface area is 260 Å². The van der Waals surface area contributed by atoms with E-state index < -0.39 is 29.1 Å². The van der Waals surface area contributed by atoms with E-state index in [1.165, 1.54) is 4.90 Å². The molecule has 0 aromatic carbocycles. The SMILES string of the molecule is CCOC(=O)CC1(C(=O)OCC)CCN(CC2CN(CCCCN3CCN(C(=O)OC(C)(C)C)C(C(=N)N)C3)C(=O)O2)CC1. The van der Waals surface area contributed by atoms with Crippen LogP contribution in [0.15, 0.2) is 0 Å². The van der Waals surface area contributed by atoms with Crippen LogP contribution in [0, 0.1) is 10.8 Å². The average Bonchev–Trinajstić information content (AvgIpc) is 3.29. The van der Waals surface area contributed by atoms with Crippen molar-refractivity contribution in [1.29, 1.82) is 5.41 Å². The van der Waals surface area contributed by atoms with Gasteiger partial charge in [0.15, 0.2) is 0 Å². The quantitative estimate of drug-likeness (QED) is 0.101. The van der Waals surface area contributed by atoms with E-state index in [2.05, 4.69) is 9.80 Å². The number of nitrogens with zero attached hydrogens (tertiary/aromatic N) is 4. The highest BCUT2D eigenvalue weighted by atomic mass is 16.6. The zero-order valence-electron chi connectivity index (χ0n) is 27.1. The van der Waals surface area contributed by atoms with Crippen LogP contribution in [0.2, 0.25) is 0 Å². The van der Waals surface area contributed by atoms with Gasteiger partial charge in [-0.15, -0.1) is 0 Å². The molecule has 2 unspecified atom stereocenters. The molecular weight excluding hydrogens is 572 g/mol. The second-order valence-corrected chi connectivity index (χ2v) is 12.9. The largest absolute Gasteiger partial charge is 0.466 e. The molecule has 0 aliphatic carbocycles. The van der Waals surface area contributed by atoms with Gasteiger partial charge in [-0.3, -0.25) is 29.7 Å². The summed E-state index contributed by atoms with van der Waals surface area (Å²) in [5.41, 5.74) is 4.32. The summed E-state index contributed by atoms with van der Waals surface area (Å²) < 4.78 is 21.6. The van der Waals surface area contributed by atoms with Gasteiger partial charge in [0.2, 0.25) is 0 Å². The number of amides is 2. The molecule has 44 heavy (non-hydrogen) atoms. The Morgan fingerprint density at radius 2 is 1.64 bits per heavy atom. The van der Waals surface area contributed by atoms with E-state index in [4.69, 9.17) is 30.1 Å². The number of rotatable bonds is 13. The highest BCUT2D eigenvalue weighted by Crippen LogP contribution is 2.37. The first-order valence-corrected chi connectivity index (χ1v) is 15.8. The Morgan fingerprint density at radius 1 is 0.977 bits per heavy atom. The summed E-state index contributed by atoms with van der Waals surface area (Å²) >= 11 is 0. The molecule has 3 saturated heterocycles. The number of carbonyl (C=O) groups excluding carboxylic acids is 4. The monoisotopic (exact) mass is 624 g/mol. The Kier molecular flexibility index (Phi) is 12.6. The summed E-state index contributed by atoms with van der Waals surface area (Å²) in [6, 6.07) is -0.532. The third-order valence-corrected chi connectivity index (χ3v) is 8.33. The van der Waals surface area contributed by atoms with Gasteiger partial charge in [0.05, 0.1) is 31.6 Å². The summed E-state index contributed by atoms with van der Waals surface area (Å²) in [7, 11) is 0. The van der Waals surface area contributed by atoms with Gasteiger partial charge in [-0.2, -0.15) is 0 Å². The molecule has 14 nitrogen and oxygen atoms in total. The number of nitrogens with two attached hydrogens (primary N) is 1. The summed E-state index contributed by atoms with van der Waals surface area (Å²) in [5.74, 6) is -0.810. The number of nitrogens with one attached hydrogen (secondary N) is 1. The maximum Gasteiger partial charge on any atom is 0.411 e. The summed E-state index contributed by atoms with van der Waals surface area (Å²) in [6.45, 7) is 14.6. The van der Waals surface area contributed by atoms with Gasteiger partial charge in [-0.25, -0.2) is 9.59 Å². The van der Waals surface area contributed by atoms with Gasteiger partial charge >= 0.3 is 24.1 Å². The van der Waals surface area contributed by atoms with Crippen LogP contribution in [0.4, 0.5) is 9.59 Å². The number of piperazine rings is 1. The first kappa shape index (κ1) is 35.4. The van der Waals surface area contributed by atoms with Crippen LogP contribution in [-0.2, 0) is 28.5 Å². The molecule has 3 aliphatic heterocycles. The second kappa shape index (κ2) is 15.7. The van der Waals surface area contributed by atoms with Crippen LogP contribution >= 0.6 is 0 Å². The fraction of sp³-hybridized carbons (Fsp3) is 0.833. The lowest BCUT2D eigenvalue weighted by Gasteiger charge is -2.41. The molecule has 3 heterocycles. The zero-order chi connectivity index (χ0) is 32.5. The van der Waals surface area contributed by atoms with Gasteiger partial charge in [0.1, 0.15) is 23.6 Å². The van der Waals surface area contributed by atoms with E-state index in [-0.39, 0.29) is 43.6 Å². The molecule has 3 rings (SSSR count). The van der Waals surface area contributed by atoms with Gasteiger partial charge in [0.25, 0.3) is 0 Å². The molecule has 0 radical (unpaired) electrons. The molecule has 3 fully saturated rings. The lowest BCUT2D eigenvalue weighted by atomic mass is 9.75. The number of hydrogen-bond donors (Lipinski definition) is 2. The molecular formula is C30H52N6O8. The van der Waals surface area contributed by atoms with Crippen LogP contribution in [0.1, 0.15) is 66.7 Å². The number of carbonyl (C=O) groups is 4. The number of cyclic esters (lactones) is 1. The molecule has 250 valence electrons. The van der Waals surface area contributed by atoms with Crippen LogP contribution in [-0.4, -0.2) is 139 Å². The van der Waals surface area contributed by atoms with Crippen molar-refractivity contribution in [3.05, 3.63) is 0 Å². The minimum absolute atomic E-state index is 0.00847. The minimum atomic E-state index is -0.885. The van der Waals surface area contributed by atoms with Crippen LogP contribution in [0.3, 0.4) is 0 Å². The second-order valence-electron chi connectivity index (χ2n) is 12.9. The number of esters is 2. The van der Waals surface area contributed by atoms with E-state index >= 15 is 0 Å². The molecule has 3 aliphatic rings. The predicted octanol–water partition coefficient (Wildman–Crippen LogP) is 2.04. The molecule has 0 bridgehead atoms. The van der Waals surface area contributed by atoms with Crippen molar-refractivity contribution in [3.63, 3.8) is 0 Å². The molecule has 0 saturated carbocycles. The van der Waals surface area contributed by atoms with Gasteiger partial charge in [-0.05, 0) is 79.9 Å². The first-order valence-electron chi connectivity index (χ1n) is 15.8. The summed E-state index contributed by atoms with van der Waals surface area (Å²) in [5, 5.41) is 7.99. The number of likely N-dealkylation sites (tertiary alicyclic amines) is 1. The Bertz CT molecular complexity index is 1030. The summed E-state index contributed by atoms with van der Waals surface area (Å²) in [4.78, 5) is 57.8. The van der Waals surface area contributed by atoms with Crippen molar-refractivity contribution < 1.29 is 38.1 Å². The minimum Gasteiger partial charge on any atom is -0.466 e. The van der Waals surface area contributed by atoms with Gasteiger partial charge < -0.3 is 29.6 Å². The lowest BCUT2D eigenvalue weighted by molar-refractivity contribution is -0.165. The molecule has 0 aromatic rings. The standard InChI is InChI=1S/C30H52N6O8/c1-6-41-24(37)18-30(26(38)42-7-2)10-14-34(15-11-30)19-22-20-35(27(39)43-22)13-9-8-12-33-16-17-36(23(21-33)25(31)32)28(40)44-29(3,4)5/h22-23H,6-21H2,1-5H3,(H3,31,32). The van der Waals surface area contributed by atoms with E-state index in [0.29, 0.717) is 65.2 Å². The fourth-order valence-electron chi connectivity index (χ4n) is 6.02. The highest BCUT2D eigenvalue weighted by Gasteiger charge is 2.45. The van der Waals surface area contributed by atoms with Crippen molar-refractivity contribution in [3.8, 4) is 0 Å². The average molecular weight is 625 g/mol. The third kappa shape index (κ3) is 9.94. The maximum atomic E-state index is 12.8. The number of unbranched alkanes of at least 4 members (excludes halogenated alkanes) is 1. The molecule has 0 spiro atoms. The van der Waals surface area contributed by atoms with E-state index in [0.717, 1.165) is 19.4 Å². The Balaban J connectivity index is 1.40. The van der Waals surface area contributed by atoms with Crippen molar-refractivity contribution >= 4 is 30.0 Å². The topological polar surface area (TPSA) is 168 Å². The van der Waals surface area contributed by atoms with Crippen molar-refractivity contribution in [2.24, 2.45) is 11.1 Å². The maximum absolute atomic E-state index is 12.8.